The van der Waals surface area contributed by atoms with Crippen LogP contribution in [0.25, 0.3) is 0 Å². The van der Waals surface area contributed by atoms with Crippen molar-refractivity contribution in [1.82, 2.24) is 10.3 Å². The predicted molar refractivity (Wildman–Crippen MR) is 62.4 cm³/mol. The molecule has 0 unspecified atom stereocenters. The van der Waals surface area contributed by atoms with Crippen molar-refractivity contribution in [2.75, 3.05) is 18.9 Å². The minimum Gasteiger partial charge on any atom is -0.389 e. The van der Waals surface area contributed by atoms with Gasteiger partial charge in [0.15, 0.2) is 0 Å². The summed E-state index contributed by atoms with van der Waals surface area (Å²) >= 11 is 0. The molecule has 1 amide bonds. The molecule has 16 heavy (non-hydrogen) atoms. The molecule has 0 aliphatic carbocycles. The maximum atomic E-state index is 11.3. The maximum absolute atomic E-state index is 11.3. The molecular formula is C11H17N3O2. The Morgan fingerprint density at radius 1 is 1.56 bits per heavy atom. The maximum Gasteiger partial charge on any atom is 0.269 e. The number of amides is 1. The first-order valence-electron chi connectivity index (χ1n) is 5.07. The molecule has 5 heteroatoms. The molecule has 1 rings (SSSR count). The number of hydrogen-bond acceptors (Lipinski definition) is 4. The van der Waals surface area contributed by atoms with Gasteiger partial charge in [-0.1, -0.05) is 0 Å². The van der Waals surface area contributed by atoms with Gasteiger partial charge in [-0.05, 0) is 26.0 Å². The van der Waals surface area contributed by atoms with Gasteiger partial charge in [-0.3, -0.25) is 9.78 Å². The lowest BCUT2D eigenvalue weighted by atomic mass is 10.1. The topological polar surface area (TPSA) is 74.2 Å². The lowest BCUT2D eigenvalue weighted by molar-refractivity contribution is 0.0944. The van der Waals surface area contributed by atoms with Gasteiger partial charge in [0.25, 0.3) is 5.91 Å². The van der Waals surface area contributed by atoms with Crippen LogP contribution in [0.4, 0.5) is 5.69 Å². The van der Waals surface area contributed by atoms with Crippen LogP contribution in [-0.2, 0) is 0 Å². The number of nitrogens with zero attached hydrogens (tertiary/aromatic N) is 1. The molecule has 0 atom stereocenters. The number of aromatic nitrogens is 1. The second-order valence-electron chi connectivity index (χ2n) is 4.17. The van der Waals surface area contributed by atoms with Crippen LogP contribution in [0.3, 0.4) is 0 Å². The van der Waals surface area contributed by atoms with E-state index in [9.17, 15) is 9.90 Å². The fraction of sp³-hybridized carbons (Fsp3) is 0.455. The Balaban J connectivity index is 2.71. The molecule has 0 radical (unpaired) electrons. The molecule has 3 N–H and O–H groups in total. The highest BCUT2D eigenvalue weighted by Gasteiger charge is 2.12. The Hall–Kier alpha value is -1.62. The van der Waals surface area contributed by atoms with Crippen molar-refractivity contribution in [2.45, 2.75) is 19.4 Å². The van der Waals surface area contributed by atoms with E-state index in [1.54, 1.807) is 39.2 Å². The van der Waals surface area contributed by atoms with Gasteiger partial charge in [0.1, 0.15) is 5.69 Å². The van der Waals surface area contributed by atoms with Crippen molar-refractivity contribution in [1.29, 1.82) is 0 Å². The summed E-state index contributed by atoms with van der Waals surface area (Å²) in [7, 11) is 1.56. The predicted octanol–water partition coefficient (Wildman–Crippen LogP) is 0.624. The molecule has 0 spiro atoms. The number of carbonyl (C=O) groups excluding carboxylic acids is 1. The first-order chi connectivity index (χ1) is 7.42. The third-order valence-corrected chi connectivity index (χ3v) is 1.94. The van der Waals surface area contributed by atoms with E-state index in [1.165, 1.54) is 0 Å². The van der Waals surface area contributed by atoms with E-state index in [2.05, 4.69) is 15.6 Å². The Bertz CT molecular complexity index is 372. The van der Waals surface area contributed by atoms with Gasteiger partial charge in [-0.2, -0.15) is 0 Å². The summed E-state index contributed by atoms with van der Waals surface area (Å²) in [4.78, 5) is 15.3. The molecule has 0 bridgehead atoms. The van der Waals surface area contributed by atoms with Crippen LogP contribution in [-0.4, -0.2) is 35.2 Å². The van der Waals surface area contributed by atoms with Gasteiger partial charge in [0.2, 0.25) is 0 Å². The standard InChI is InChI=1S/C11H17N3O2/c1-11(2,16)7-14-8-4-5-13-9(6-8)10(15)12-3/h4-6,16H,7H2,1-3H3,(H,12,15)(H,13,14). The zero-order valence-corrected chi connectivity index (χ0v) is 9.74. The summed E-state index contributed by atoms with van der Waals surface area (Å²) in [5.74, 6) is -0.230. The summed E-state index contributed by atoms with van der Waals surface area (Å²) in [6.45, 7) is 3.83. The summed E-state index contributed by atoms with van der Waals surface area (Å²) in [5, 5.41) is 15.1. The van der Waals surface area contributed by atoms with Crippen LogP contribution in [0.2, 0.25) is 0 Å². The van der Waals surface area contributed by atoms with Crippen LogP contribution in [0.15, 0.2) is 18.3 Å². The number of pyridine rings is 1. The molecule has 0 saturated heterocycles. The van der Waals surface area contributed by atoms with Crippen LogP contribution >= 0.6 is 0 Å². The first-order valence-corrected chi connectivity index (χ1v) is 5.07. The van der Waals surface area contributed by atoms with Crippen LogP contribution in [0.1, 0.15) is 24.3 Å². The lowest BCUT2D eigenvalue weighted by Gasteiger charge is -2.18. The zero-order valence-electron chi connectivity index (χ0n) is 9.74. The average molecular weight is 223 g/mol. The van der Waals surface area contributed by atoms with E-state index in [1.807, 2.05) is 0 Å². The molecule has 1 aromatic rings. The normalized spacial score (nSPS) is 11.0. The van der Waals surface area contributed by atoms with E-state index < -0.39 is 5.60 Å². The Morgan fingerprint density at radius 2 is 2.25 bits per heavy atom. The monoisotopic (exact) mass is 223 g/mol. The van der Waals surface area contributed by atoms with E-state index in [0.29, 0.717) is 12.2 Å². The third kappa shape index (κ3) is 3.86. The molecule has 88 valence electrons. The molecule has 0 saturated carbocycles. The van der Waals surface area contributed by atoms with Gasteiger partial charge in [-0.15, -0.1) is 0 Å². The average Bonchev–Trinajstić information content (AvgIpc) is 2.25. The zero-order chi connectivity index (χ0) is 12.2. The van der Waals surface area contributed by atoms with Gasteiger partial charge in [-0.25, -0.2) is 0 Å². The van der Waals surface area contributed by atoms with E-state index in [0.717, 1.165) is 5.69 Å². The molecule has 5 nitrogen and oxygen atoms in total. The van der Waals surface area contributed by atoms with Gasteiger partial charge in [0, 0.05) is 25.5 Å². The largest absolute Gasteiger partial charge is 0.389 e. The molecule has 1 aromatic heterocycles. The minimum absolute atomic E-state index is 0.230. The van der Waals surface area contributed by atoms with Gasteiger partial charge < -0.3 is 15.7 Å². The molecule has 0 aromatic carbocycles. The number of nitrogens with one attached hydrogen (secondary N) is 2. The number of rotatable bonds is 4. The second-order valence-corrected chi connectivity index (χ2v) is 4.17. The highest BCUT2D eigenvalue weighted by atomic mass is 16.3. The van der Waals surface area contributed by atoms with Crippen LogP contribution in [0.5, 0.6) is 0 Å². The molecule has 0 aliphatic rings. The Morgan fingerprint density at radius 3 is 2.81 bits per heavy atom. The van der Waals surface area contributed by atoms with Crippen molar-refractivity contribution in [2.24, 2.45) is 0 Å². The van der Waals surface area contributed by atoms with Crippen LogP contribution in [0, 0.1) is 0 Å². The Labute approximate surface area is 94.9 Å². The summed E-state index contributed by atoms with van der Waals surface area (Å²) in [5.41, 5.74) is 0.315. The number of anilines is 1. The van der Waals surface area contributed by atoms with Crippen molar-refractivity contribution >= 4 is 11.6 Å². The van der Waals surface area contributed by atoms with E-state index in [-0.39, 0.29) is 5.91 Å². The van der Waals surface area contributed by atoms with Crippen molar-refractivity contribution < 1.29 is 9.90 Å². The summed E-state index contributed by atoms with van der Waals surface area (Å²) in [6, 6.07) is 3.39. The molecule has 1 heterocycles. The van der Waals surface area contributed by atoms with Crippen LogP contribution < -0.4 is 10.6 Å². The van der Waals surface area contributed by atoms with Crippen molar-refractivity contribution in [3.63, 3.8) is 0 Å². The third-order valence-electron chi connectivity index (χ3n) is 1.94. The van der Waals surface area contributed by atoms with E-state index in [4.69, 9.17) is 0 Å². The first kappa shape index (κ1) is 12.4. The van der Waals surface area contributed by atoms with Crippen molar-refractivity contribution in [3.8, 4) is 0 Å². The lowest BCUT2D eigenvalue weighted by Crippen LogP contribution is -2.29. The fourth-order valence-electron chi connectivity index (χ4n) is 1.11. The van der Waals surface area contributed by atoms with Gasteiger partial charge in [0.05, 0.1) is 5.60 Å². The molecule has 0 aliphatic heterocycles. The Kier molecular flexibility index (Phi) is 3.84. The summed E-state index contributed by atoms with van der Waals surface area (Å²) < 4.78 is 0. The second kappa shape index (κ2) is 4.94. The fourth-order valence-corrected chi connectivity index (χ4v) is 1.11. The van der Waals surface area contributed by atoms with E-state index >= 15 is 0 Å². The smallest absolute Gasteiger partial charge is 0.269 e. The number of carbonyl (C=O) groups is 1. The van der Waals surface area contributed by atoms with Crippen molar-refractivity contribution in [3.05, 3.63) is 24.0 Å². The van der Waals surface area contributed by atoms with Gasteiger partial charge >= 0.3 is 0 Å². The summed E-state index contributed by atoms with van der Waals surface area (Å²) in [6.07, 6.45) is 1.55. The number of hydrogen-bond donors (Lipinski definition) is 3. The SMILES string of the molecule is CNC(=O)c1cc(NCC(C)(C)O)ccn1. The quantitative estimate of drug-likeness (QED) is 0.699. The molecular weight excluding hydrogens is 206 g/mol. The highest BCUT2D eigenvalue weighted by Crippen LogP contribution is 2.10. The highest BCUT2D eigenvalue weighted by molar-refractivity contribution is 5.92. The minimum atomic E-state index is -0.795. The molecule has 0 fully saturated rings. The number of aliphatic hydroxyl groups is 1.